The Morgan fingerprint density at radius 3 is 1.95 bits per heavy atom. The average molecular weight is 282 g/mol. The topological polar surface area (TPSA) is 47.1 Å². The van der Waals surface area contributed by atoms with Crippen molar-refractivity contribution in [2.75, 3.05) is 60.4 Å². The van der Waals surface area contributed by atoms with Gasteiger partial charge in [0.25, 0.3) is 0 Å². The third-order valence-corrected chi connectivity index (χ3v) is 4.53. The normalized spacial score (nSPS) is 22.9. The number of amides is 2. The molecule has 0 radical (unpaired) electrons. The summed E-state index contributed by atoms with van der Waals surface area (Å²) in [5.74, 6) is -0.677. The summed E-state index contributed by atoms with van der Waals surface area (Å²) in [5.41, 5.74) is 0. The minimum absolute atomic E-state index is 0.204. The lowest BCUT2D eigenvalue weighted by atomic mass is 10.0. The van der Waals surface area contributed by atoms with Crippen LogP contribution in [-0.4, -0.2) is 97.9 Å². The monoisotopic (exact) mass is 282 g/mol. The molecule has 2 saturated heterocycles. The molecule has 0 N–H and O–H groups in total. The molecule has 0 aromatic heterocycles. The summed E-state index contributed by atoms with van der Waals surface area (Å²) < 4.78 is 0. The molecule has 2 amide bonds. The highest BCUT2D eigenvalue weighted by molar-refractivity contribution is 6.34. The molecule has 6 heteroatoms. The van der Waals surface area contributed by atoms with Gasteiger partial charge in [0.15, 0.2) is 0 Å². The van der Waals surface area contributed by atoms with Crippen molar-refractivity contribution in [3.8, 4) is 0 Å². The molecule has 6 nitrogen and oxygen atoms in total. The van der Waals surface area contributed by atoms with Crippen LogP contribution in [0.15, 0.2) is 0 Å². The summed E-state index contributed by atoms with van der Waals surface area (Å²) in [6.45, 7) is 4.98. The Hall–Kier alpha value is -1.14. The highest BCUT2D eigenvalue weighted by Gasteiger charge is 2.31. The third-order valence-electron chi connectivity index (χ3n) is 4.53. The first kappa shape index (κ1) is 15.3. The van der Waals surface area contributed by atoms with Crippen molar-refractivity contribution in [2.24, 2.45) is 0 Å². The van der Waals surface area contributed by atoms with Gasteiger partial charge in [0.2, 0.25) is 0 Å². The fourth-order valence-corrected chi connectivity index (χ4v) is 2.84. The maximum absolute atomic E-state index is 12.3. The van der Waals surface area contributed by atoms with Crippen LogP contribution in [0.3, 0.4) is 0 Å². The number of hydrogen-bond donors (Lipinski definition) is 0. The van der Waals surface area contributed by atoms with Crippen molar-refractivity contribution < 1.29 is 9.59 Å². The van der Waals surface area contributed by atoms with E-state index in [2.05, 4.69) is 16.8 Å². The fourth-order valence-electron chi connectivity index (χ4n) is 2.84. The van der Waals surface area contributed by atoms with Crippen molar-refractivity contribution in [3.05, 3.63) is 0 Å². The quantitative estimate of drug-likeness (QED) is 0.598. The number of likely N-dealkylation sites (N-methyl/N-ethyl adjacent to an activating group) is 2. The molecule has 0 aromatic carbocycles. The molecular weight excluding hydrogens is 256 g/mol. The van der Waals surface area contributed by atoms with Crippen LogP contribution in [0, 0.1) is 0 Å². The van der Waals surface area contributed by atoms with Crippen LogP contribution in [0.4, 0.5) is 0 Å². The van der Waals surface area contributed by atoms with Crippen molar-refractivity contribution >= 4 is 11.8 Å². The lowest BCUT2D eigenvalue weighted by Gasteiger charge is -2.37. The van der Waals surface area contributed by atoms with E-state index in [0.29, 0.717) is 13.1 Å². The SMILES string of the molecule is CN1CCC(N(C)C(=O)C(=O)N2CCN(C)CC2)CC1. The summed E-state index contributed by atoms with van der Waals surface area (Å²) in [6, 6.07) is 0.204. The molecule has 0 bridgehead atoms. The van der Waals surface area contributed by atoms with Crippen molar-refractivity contribution in [3.63, 3.8) is 0 Å². The Morgan fingerprint density at radius 2 is 1.40 bits per heavy atom. The predicted molar refractivity (Wildman–Crippen MR) is 77.4 cm³/mol. The average Bonchev–Trinajstić information content (AvgIpc) is 2.46. The van der Waals surface area contributed by atoms with Gasteiger partial charge in [-0.15, -0.1) is 0 Å². The first-order valence-electron chi connectivity index (χ1n) is 7.42. The van der Waals surface area contributed by atoms with Gasteiger partial charge in [-0.2, -0.15) is 0 Å². The Labute approximate surface area is 121 Å². The number of likely N-dealkylation sites (tertiary alicyclic amines) is 1. The summed E-state index contributed by atoms with van der Waals surface area (Å²) in [7, 11) is 5.90. The van der Waals surface area contributed by atoms with Crippen molar-refractivity contribution in [1.29, 1.82) is 0 Å². The number of rotatable bonds is 1. The van der Waals surface area contributed by atoms with Crippen molar-refractivity contribution in [2.45, 2.75) is 18.9 Å². The number of piperazine rings is 1. The van der Waals surface area contributed by atoms with Crippen LogP contribution in [0.25, 0.3) is 0 Å². The molecule has 0 atom stereocenters. The van der Waals surface area contributed by atoms with Gasteiger partial charge in [0.1, 0.15) is 0 Å². The standard InChI is InChI=1S/C14H26N4O2/c1-15-6-4-12(5-7-15)17(3)13(19)14(20)18-10-8-16(2)9-11-18/h12H,4-11H2,1-3H3. The molecule has 2 aliphatic heterocycles. The minimum Gasteiger partial charge on any atom is -0.334 e. The molecule has 0 aliphatic carbocycles. The highest BCUT2D eigenvalue weighted by Crippen LogP contribution is 2.15. The minimum atomic E-state index is -0.343. The van der Waals surface area contributed by atoms with Gasteiger partial charge < -0.3 is 19.6 Å². The molecule has 0 saturated carbocycles. The van der Waals surface area contributed by atoms with Crippen LogP contribution in [-0.2, 0) is 9.59 Å². The molecule has 20 heavy (non-hydrogen) atoms. The first-order valence-corrected chi connectivity index (χ1v) is 7.42. The molecule has 114 valence electrons. The number of nitrogens with zero attached hydrogens (tertiary/aromatic N) is 4. The van der Waals surface area contributed by atoms with Crippen LogP contribution in [0.2, 0.25) is 0 Å². The second-order valence-corrected chi connectivity index (χ2v) is 6.05. The van der Waals surface area contributed by atoms with E-state index in [0.717, 1.165) is 39.0 Å². The summed E-state index contributed by atoms with van der Waals surface area (Å²) in [4.78, 5) is 32.4. The van der Waals surface area contributed by atoms with Crippen LogP contribution in [0.5, 0.6) is 0 Å². The zero-order chi connectivity index (χ0) is 14.7. The van der Waals surface area contributed by atoms with Crippen molar-refractivity contribution in [1.82, 2.24) is 19.6 Å². The van der Waals surface area contributed by atoms with Gasteiger partial charge in [-0.3, -0.25) is 9.59 Å². The van der Waals surface area contributed by atoms with E-state index in [1.165, 1.54) is 0 Å². The predicted octanol–water partition coefficient (Wildman–Crippen LogP) is -0.687. The molecule has 0 spiro atoms. The molecule has 2 aliphatic rings. The first-order chi connectivity index (χ1) is 9.49. The maximum Gasteiger partial charge on any atom is 0.312 e. The van der Waals surface area contributed by atoms with E-state index >= 15 is 0 Å². The Bertz CT molecular complexity index is 358. The number of hydrogen-bond acceptors (Lipinski definition) is 4. The lowest BCUT2D eigenvalue weighted by molar-refractivity contribution is -0.153. The van der Waals surface area contributed by atoms with E-state index in [-0.39, 0.29) is 17.9 Å². The number of piperidine rings is 1. The van der Waals surface area contributed by atoms with Gasteiger partial charge in [-0.25, -0.2) is 0 Å². The molecule has 2 heterocycles. The van der Waals surface area contributed by atoms with E-state index in [1.807, 2.05) is 7.05 Å². The van der Waals surface area contributed by atoms with Gasteiger partial charge in [-0.1, -0.05) is 0 Å². The summed E-state index contributed by atoms with van der Waals surface area (Å²) >= 11 is 0. The van der Waals surface area contributed by atoms with E-state index < -0.39 is 0 Å². The van der Waals surface area contributed by atoms with E-state index in [4.69, 9.17) is 0 Å². The molecule has 0 unspecified atom stereocenters. The molecular formula is C14H26N4O2. The van der Waals surface area contributed by atoms with Crippen LogP contribution < -0.4 is 0 Å². The number of carbonyl (C=O) groups is 2. The molecule has 2 fully saturated rings. The molecule has 2 rings (SSSR count). The summed E-state index contributed by atoms with van der Waals surface area (Å²) in [6.07, 6.45) is 1.91. The van der Waals surface area contributed by atoms with Crippen LogP contribution in [0.1, 0.15) is 12.8 Å². The van der Waals surface area contributed by atoms with Gasteiger partial charge in [0.05, 0.1) is 0 Å². The second-order valence-electron chi connectivity index (χ2n) is 6.05. The van der Waals surface area contributed by atoms with Gasteiger partial charge >= 0.3 is 11.8 Å². The fraction of sp³-hybridized carbons (Fsp3) is 0.857. The zero-order valence-corrected chi connectivity index (χ0v) is 12.8. The van der Waals surface area contributed by atoms with E-state index in [9.17, 15) is 9.59 Å². The second kappa shape index (κ2) is 6.54. The maximum atomic E-state index is 12.3. The third kappa shape index (κ3) is 3.49. The van der Waals surface area contributed by atoms with Crippen LogP contribution >= 0.6 is 0 Å². The zero-order valence-electron chi connectivity index (χ0n) is 12.8. The van der Waals surface area contributed by atoms with Gasteiger partial charge in [-0.05, 0) is 40.0 Å². The summed E-state index contributed by atoms with van der Waals surface area (Å²) in [5, 5.41) is 0. The van der Waals surface area contributed by atoms with E-state index in [1.54, 1.807) is 16.8 Å². The smallest absolute Gasteiger partial charge is 0.312 e. The Morgan fingerprint density at radius 1 is 0.900 bits per heavy atom. The number of carbonyl (C=O) groups excluding carboxylic acids is 2. The largest absolute Gasteiger partial charge is 0.334 e. The van der Waals surface area contributed by atoms with Gasteiger partial charge in [0, 0.05) is 39.3 Å². The highest BCUT2D eigenvalue weighted by atomic mass is 16.2. The Kier molecular flexibility index (Phi) is 4.99. The Balaban J connectivity index is 1.88. The lowest BCUT2D eigenvalue weighted by Crippen LogP contribution is -2.54. The molecule has 0 aromatic rings.